The van der Waals surface area contributed by atoms with Gasteiger partial charge < -0.3 is 5.11 Å². The molecule has 1 aliphatic carbocycles. The van der Waals surface area contributed by atoms with Gasteiger partial charge in [0, 0.05) is 12.8 Å². The molecule has 16 heavy (non-hydrogen) atoms. The van der Waals surface area contributed by atoms with Crippen LogP contribution in [-0.4, -0.2) is 17.0 Å². The Labute approximate surface area is 99.4 Å². The van der Waals surface area contributed by atoms with Crippen LogP contribution in [0.4, 0.5) is 0 Å². The van der Waals surface area contributed by atoms with Crippen LogP contribution in [0.2, 0.25) is 0 Å². The Hall–Kier alpha value is -0.370. The third kappa shape index (κ3) is 5.64. The van der Waals surface area contributed by atoms with Crippen LogP contribution in [-0.2, 0) is 4.79 Å². The zero-order valence-electron chi connectivity index (χ0n) is 10.7. The molecular formula is C14H26O2. The van der Waals surface area contributed by atoms with E-state index in [2.05, 4.69) is 13.8 Å². The molecule has 1 unspecified atom stereocenters. The van der Waals surface area contributed by atoms with E-state index >= 15 is 0 Å². The Morgan fingerprint density at radius 2 is 1.94 bits per heavy atom. The lowest BCUT2D eigenvalue weighted by Gasteiger charge is -2.15. The highest BCUT2D eigenvalue weighted by atomic mass is 16.3. The topological polar surface area (TPSA) is 37.3 Å². The van der Waals surface area contributed by atoms with Crippen LogP contribution >= 0.6 is 0 Å². The van der Waals surface area contributed by atoms with Gasteiger partial charge in [0.2, 0.25) is 0 Å². The molecule has 0 aliphatic heterocycles. The molecule has 0 spiro atoms. The van der Waals surface area contributed by atoms with Crippen LogP contribution < -0.4 is 0 Å². The number of ketones is 1. The molecule has 0 bridgehead atoms. The lowest BCUT2D eigenvalue weighted by Crippen LogP contribution is -2.14. The fourth-order valence-corrected chi connectivity index (χ4v) is 2.63. The summed E-state index contributed by atoms with van der Waals surface area (Å²) < 4.78 is 0. The average molecular weight is 226 g/mol. The molecule has 2 heteroatoms. The maximum Gasteiger partial charge on any atom is 0.133 e. The van der Waals surface area contributed by atoms with E-state index in [1.165, 1.54) is 25.7 Å². The Morgan fingerprint density at radius 1 is 1.31 bits per heavy atom. The van der Waals surface area contributed by atoms with Gasteiger partial charge in [0.25, 0.3) is 0 Å². The first-order valence-corrected chi connectivity index (χ1v) is 6.77. The quantitative estimate of drug-likeness (QED) is 0.723. The van der Waals surface area contributed by atoms with Crippen LogP contribution in [0.1, 0.15) is 65.2 Å². The van der Waals surface area contributed by atoms with Crippen molar-refractivity contribution in [3.8, 4) is 0 Å². The third-order valence-electron chi connectivity index (χ3n) is 3.47. The summed E-state index contributed by atoms with van der Waals surface area (Å²) in [5.41, 5.74) is 0. The molecule has 1 atom stereocenters. The predicted octanol–water partition coefficient (Wildman–Crippen LogP) is 3.32. The zero-order chi connectivity index (χ0) is 12.0. The van der Waals surface area contributed by atoms with Gasteiger partial charge in [0.05, 0.1) is 6.10 Å². The number of Topliss-reactive ketones (excluding diaryl/α,β-unsaturated/α-hetero) is 1. The molecule has 0 aromatic rings. The second kappa shape index (κ2) is 7.05. The minimum atomic E-state index is -0.251. The molecule has 1 saturated carbocycles. The van der Waals surface area contributed by atoms with E-state index in [1.54, 1.807) is 0 Å². The van der Waals surface area contributed by atoms with Gasteiger partial charge in [-0.3, -0.25) is 4.79 Å². The molecule has 1 N–H and O–H groups in total. The van der Waals surface area contributed by atoms with Gasteiger partial charge in [-0.2, -0.15) is 0 Å². The summed E-state index contributed by atoms with van der Waals surface area (Å²) in [6, 6.07) is 0. The molecule has 1 rings (SSSR count). The highest BCUT2D eigenvalue weighted by molar-refractivity contribution is 5.78. The zero-order valence-corrected chi connectivity index (χ0v) is 10.7. The highest BCUT2D eigenvalue weighted by Crippen LogP contribution is 2.29. The van der Waals surface area contributed by atoms with Crippen molar-refractivity contribution in [2.45, 2.75) is 71.3 Å². The van der Waals surface area contributed by atoms with Crippen molar-refractivity contribution in [1.29, 1.82) is 0 Å². The molecule has 0 saturated heterocycles. The molecular weight excluding hydrogens is 200 g/mol. The molecule has 0 heterocycles. The van der Waals surface area contributed by atoms with Crippen LogP contribution in [0.5, 0.6) is 0 Å². The summed E-state index contributed by atoms with van der Waals surface area (Å²) in [4.78, 5) is 11.5. The van der Waals surface area contributed by atoms with E-state index in [0.717, 1.165) is 12.3 Å². The van der Waals surface area contributed by atoms with E-state index in [1.807, 2.05) is 0 Å². The van der Waals surface area contributed by atoms with Gasteiger partial charge in [-0.25, -0.2) is 0 Å². The number of carbonyl (C=O) groups excluding carboxylic acids is 1. The van der Waals surface area contributed by atoms with Crippen LogP contribution in [0.25, 0.3) is 0 Å². The fraction of sp³-hybridized carbons (Fsp3) is 0.929. The van der Waals surface area contributed by atoms with E-state index in [-0.39, 0.29) is 6.10 Å². The van der Waals surface area contributed by atoms with Gasteiger partial charge in [0.15, 0.2) is 0 Å². The SMILES string of the molecule is CC(C)CC(=O)CCC(O)CC1CCCC1. The molecule has 1 aliphatic rings. The van der Waals surface area contributed by atoms with E-state index in [4.69, 9.17) is 0 Å². The maximum absolute atomic E-state index is 11.5. The van der Waals surface area contributed by atoms with Gasteiger partial charge in [0.1, 0.15) is 5.78 Å². The lowest BCUT2D eigenvalue weighted by molar-refractivity contribution is -0.120. The number of rotatable bonds is 7. The highest BCUT2D eigenvalue weighted by Gasteiger charge is 2.19. The Kier molecular flexibility index (Phi) is 6.04. The summed E-state index contributed by atoms with van der Waals surface area (Å²) >= 11 is 0. The van der Waals surface area contributed by atoms with Gasteiger partial charge in [-0.1, -0.05) is 39.5 Å². The minimum absolute atomic E-state index is 0.251. The summed E-state index contributed by atoms with van der Waals surface area (Å²) in [6.07, 6.45) is 7.75. The van der Waals surface area contributed by atoms with Crippen molar-refractivity contribution in [2.24, 2.45) is 11.8 Å². The first-order chi connectivity index (χ1) is 7.58. The van der Waals surface area contributed by atoms with Crippen LogP contribution in [0, 0.1) is 11.8 Å². The van der Waals surface area contributed by atoms with Crippen LogP contribution in [0.3, 0.4) is 0 Å². The van der Waals surface area contributed by atoms with Crippen molar-refractivity contribution >= 4 is 5.78 Å². The van der Waals surface area contributed by atoms with Crippen molar-refractivity contribution in [1.82, 2.24) is 0 Å². The number of aliphatic hydroxyl groups is 1. The Morgan fingerprint density at radius 3 is 2.50 bits per heavy atom. The van der Waals surface area contributed by atoms with E-state index in [9.17, 15) is 9.90 Å². The van der Waals surface area contributed by atoms with Crippen molar-refractivity contribution in [2.75, 3.05) is 0 Å². The number of hydrogen-bond acceptors (Lipinski definition) is 2. The molecule has 0 aromatic heterocycles. The summed E-state index contributed by atoms with van der Waals surface area (Å²) in [5.74, 6) is 1.47. The standard InChI is InChI=1S/C14H26O2/c1-11(2)9-13(15)7-8-14(16)10-12-5-3-4-6-12/h11-12,14,16H,3-10H2,1-2H3. The predicted molar refractivity (Wildman–Crippen MR) is 66.3 cm³/mol. The molecule has 2 nitrogen and oxygen atoms in total. The molecule has 0 radical (unpaired) electrons. The second-order valence-electron chi connectivity index (χ2n) is 5.72. The third-order valence-corrected chi connectivity index (χ3v) is 3.47. The smallest absolute Gasteiger partial charge is 0.133 e. The monoisotopic (exact) mass is 226 g/mol. The van der Waals surface area contributed by atoms with Crippen molar-refractivity contribution in [3.63, 3.8) is 0 Å². The summed E-state index contributed by atoms with van der Waals surface area (Å²) in [7, 11) is 0. The van der Waals surface area contributed by atoms with E-state index < -0.39 is 0 Å². The first-order valence-electron chi connectivity index (χ1n) is 6.77. The number of aliphatic hydroxyl groups excluding tert-OH is 1. The Bertz CT molecular complexity index is 205. The maximum atomic E-state index is 11.5. The van der Waals surface area contributed by atoms with Crippen molar-refractivity contribution in [3.05, 3.63) is 0 Å². The fourth-order valence-electron chi connectivity index (χ4n) is 2.63. The molecule has 94 valence electrons. The summed E-state index contributed by atoms with van der Waals surface area (Å²) in [5, 5.41) is 9.84. The van der Waals surface area contributed by atoms with Crippen LogP contribution in [0.15, 0.2) is 0 Å². The van der Waals surface area contributed by atoms with Crippen molar-refractivity contribution < 1.29 is 9.90 Å². The minimum Gasteiger partial charge on any atom is -0.393 e. The van der Waals surface area contributed by atoms with Gasteiger partial charge in [-0.05, 0) is 24.7 Å². The van der Waals surface area contributed by atoms with Gasteiger partial charge in [-0.15, -0.1) is 0 Å². The molecule has 0 aromatic carbocycles. The van der Waals surface area contributed by atoms with Gasteiger partial charge >= 0.3 is 0 Å². The molecule has 1 fully saturated rings. The average Bonchev–Trinajstić information content (AvgIpc) is 2.66. The normalized spacial score (nSPS) is 19.2. The van der Waals surface area contributed by atoms with E-state index in [0.29, 0.717) is 31.0 Å². The summed E-state index contributed by atoms with van der Waals surface area (Å²) in [6.45, 7) is 4.12. The Balaban J connectivity index is 2.09. The second-order valence-corrected chi connectivity index (χ2v) is 5.72. The first kappa shape index (κ1) is 13.7. The number of carbonyl (C=O) groups is 1. The lowest BCUT2D eigenvalue weighted by atomic mass is 9.95. The largest absolute Gasteiger partial charge is 0.393 e. The molecule has 0 amide bonds. The number of hydrogen-bond donors (Lipinski definition) is 1.